The van der Waals surface area contributed by atoms with Crippen molar-refractivity contribution in [2.75, 3.05) is 25.1 Å². The fourth-order valence-corrected chi connectivity index (χ4v) is 3.25. The van der Waals surface area contributed by atoms with E-state index in [9.17, 15) is 14.7 Å². The van der Waals surface area contributed by atoms with E-state index in [1.807, 2.05) is 6.26 Å². The smallest absolute Gasteiger partial charge is 0.308 e. The van der Waals surface area contributed by atoms with E-state index in [1.165, 1.54) is 0 Å². The minimum atomic E-state index is -0.730. The molecule has 2 aliphatic rings. The van der Waals surface area contributed by atoms with Crippen molar-refractivity contribution in [1.29, 1.82) is 0 Å². The van der Waals surface area contributed by atoms with Crippen LogP contribution in [-0.4, -0.2) is 47.0 Å². The molecule has 1 heterocycles. The van der Waals surface area contributed by atoms with Crippen LogP contribution in [0.5, 0.6) is 0 Å². The average molecular weight is 271 g/mol. The largest absolute Gasteiger partial charge is 0.481 e. The highest BCUT2D eigenvalue weighted by molar-refractivity contribution is 7.98. The number of amides is 1. The summed E-state index contributed by atoms with van der Waals surface area (Å²) in [5.41, 5.74) is 0. The third kappa shape index (κ3) is 3.19. The molecular weight excluding hydrogens is 250 g/mol. The molecule has 2 rings (SSSR count). The van der Waals surface area contributed by atoms with Gasteiger partial charge in [0.1, 0.15) is 0 Å². The van der Waals surface area contributed by atoms with Crippen LogP contribution in [0.3, 0.4) is 0 Å². The molecule has 1 aliphatic heterocycles. The van der Waals surface area contributed by atoms with Crippen molar-refractivity contribution in [3.05, 3.63) is 0 Å². The quantitative estimate of drug-likeness (QED) is 0.747. The van der Waals surface area contributed by atoms with Gasteiger partial charge >= 0.3 is 5.97 Å². The molecule has 4 nitrogen and oxygen atoms in total. The molecule has 1 saturated carbocycles. The summed E-state index contributed by atoms with van der Waals surface area (Å²) < 4.78 is 0. The lowest BCUT2D eigenvalue weighted by Crippen LogP contribution is -2.29. The molecule has 18 heavy (non-hydrogen) atoms. The summed E-state index contributed by atoms with van der Waals surface area (Å²) in [6.45, 7) is 1.09. The first kappa shape index (κ1) is 13.7. The Hall–Kier alpha value is -0.710. The Kier molecular flexibility index (Phi) is 4.54. The highest BCUT2D eigenvalue weighted by Gasteiger charge is 2.46. The first-order valence-corrected chi connectivity index (χ1v) is 8.02. The minimum absolute atomic E-state index is 0.137. The summed E-state index contributed by atoms with van der Waals surface area (Å²) in [4.78, 5) is 25.0. The third-order valence-electron chi connectivity index (χ3n) is 4.00. The standard InChI is InChI=1S/C13H21NO3S/c1-18-6-2-3-12(15)14-7-10(9-4-5-9)11(8-14)13(16)17/h9-11H,2-8H2,1H3,(H,16,17)/t10-,11+/m1/s1. The number of carboxylic acid groups (broad SMARTS) is 1. The van der Waals surface area contributed by atoms with Gasteiger partial charge in [0.15, 0.2) is 0 Å². The van der Waals surface area contributed by atoms with Crippen LogP contribution in [0, 0.1) is 17.8 Å². The van der Waals surface area contributed by atoms with Crippen LogP contribution in [0.2, 0.25) is 0 Å². The molecule has 1 amide bonds. The second-order valence-corrected chi connectivity index (χ2v) is 6.33. The molecule has 1 aliphatic carbocycles. The van der Waals surface area contributed by atoms with Gasteiger partial charge in [-0.05, 0) is 43.1 Å². The van der Waals surface area contributed by atoms with Gasteiger partial charge in [0.2, 0.25) is 5.91 Å². The summed E-state index contributed by atoms with van der Waals surface area (Å²) >= 11 is 1.74. The summed E-state index contributed by atoms with van der Waals surface area (Å²) in [5, 5.41) is 9.23. The van der Waals surface area contributed by atoms with Crippen molar-refractivity contribution in [2.24, 2.45) is 17.8 Å². The molecule has 5 heteroatoms. The van der Waals surface area contributed by atoms with Gasteiger partial charge < -0.3 is 10.0 Å². The van der Waals surface area contributed by atoms with Crippen molar-refractivity contribution in [2.45, 2.75) is 25.7 Å². The van der Waals surface area contributed by atoms with E-state index >= 15 is 0 Å². The van der Waals surface area contributed by atoms with Crippen LogP contribution < -0.4 is 0 Å². The maximum atomic E-state index is 12.0. The van der Waals surface area contributed by atoms with E-state index in [1.54, 1.807) is 16.7 Å². The maximum absolute atomic E-state index is 12.0. The molecule has 0 spiro atoms. The van der Waals surface area contributed by atoms with Crippen molar-refractivity contribution in [3.8, 4) is 0 Å². The molecule has 0 bridgehead atoms. The predicted octanol–water partition coefficient (Wildman–Crippen LogP) is 1.70. The third-order valence-corrected chi connectivity index (χ3v) is 4.70. The number of nitrogens with zero attached hydrogens (tertiary/aromatic N) is 1. The number of hydrogen-bond acceptors (Lipinski definition) is 3. The van der Waals surface area contributed by atoms with Crippen LogP contribution >= 0.6 is 11.8 Å². The Balaban J connectivity index is 1.87. The zero-order valence-corrected chi connectivity index (χ0v) is 11.6. The zero-order valence-electron chi connectivity index (χ0n) is 10.8. The second-order valence-electron chi connectivity index (χ2n) is 5.34. The summed E-state index contributed by atoms with van der Waals surface area (Å²) in [7, 11) is 0. The van der Waals surface area contributed by atoms with Crippen LogP contribution in [0.4, 0.5) is 0 Å². The number of aliphatic carboxylic acids is 1. The molecule has 102 valence electrons. The number of carbonyl (C=O) groups is 2. The van der Waals surface area contributed by atoms with E-state index in [2.05, 4.69) is 0 Å². The maximum Gasteiger partial charge on any atom is 0.308 e. The number of thioether (sulfide) groups is 1. The van der Waals surface area contributed by atoms with E-state index in [0.717, 1.165) is 25.0 Å². The van der Waals surface area contributed by atoms with E-state index < -0.39 is 5.97 Å². The summed E-state index contributed by atoms with van der Waals surface area (Å²) in [6, 6.07) is 0. The highest BCUT2D eigenvalue weighted by Crippen LogP contribution is 2.44. The van der Waals surface area contributed by atoms with Gasteiger partial charge in [-0.3, -0.25) is 9.59 Å². The molecule has 0 aromatic rings. The van der Waals surface area contributed by atoms with Gasteiger partial charge in [-0.1, -0.05) is 0 Å². The normalized spacial score (nSPS) is 27.5. The monoisotopic (exact) mass is 271 g/mol. The SMILES string of the molecule is CSCCCC(=O)N1C[C@H](C(=O)O)[C@@H](C2CC2)C1. The lowest BCUT2D eigenvalue weighted by Gasteiger charge is -2.16. The molecule has 1 saturated heterocycles. The van der Waals surface area contributed by atoms with Gasteiger partial charge in [0.05, 0.1) is 5.92 Å². The number of carbonyl (C=O) groups excluding carboxylic acids is 1. The van der Waals surface area contributed by atoms with Crippen LogP contribution in [0.15, 0.2) is 0 Å². The van der Waals surface area contributed by atoms with Crippen LogP contribution in [0.1, 0.15) is 25.7 Å². The van der Waals surface area contributed by atoms with E-state index in [-0.39, 0.29) is 17.7 Å². The molecule has 2 fully saturated rings. The predicted molar refractivity (Wildman–Crippen MR) is 71.5 cm³/mol. The van der Waals surface area contributed by atoms with Crippen molar-refractivity contribution in [3.63, 3.8) is 0 Å². The van der Waals surface area contributed by atoms with E-state index in [0.29, 0.717) is 25.4 Å². The Morgan fingerprint density at radius 1 is 1.33 bits per heavy atom. The molecule has 0 aromatic carbocycles. The van der Waals surface area contributed by atoms with Crippen molar-refractivity contribution >= 4 is 23.6 Å². The fraction of sp³-hybridized carbons (Fsp3) is 0.846. The number of hydrogen-bond donors (Lipinski definition) is 1. The molecule has 0 radical (unpaired) electrons. The first-order chi connectivity index (χ1) is 8.63. The Labute approximate surface area is 112 Å². The summed E-state index contributed by atoms with van der Waals surface area (Å²) in [6.07, 6.45) is 5.77. The van der Waals surface area contributed by atoms with Gasteiger partial charge in [-0.2, -0.15) is 11.8 Å². The van der Waals surface area contributed by atoms with Crippen molar-refractivity contribution in [1.82, 2.24) is 4.90 Å². The molecule has 2 atom stereocenters. The number of likely N-dealkylation sites (tertiary alicyclic amines) is 1. The number of carboxylic acids is 1. The molecule has 0 aromatic heterocycles. The Morgan fingerprint density at radius 3 is 2.61 bits per heavy atom. The molecule has 1 N–H and O–H groups in total. The van der Waals surface area contributed by atoms with Gasteiger partial charge in [-0.15, -0.1) is 0 Å². The average Bonchev–Trinajstić information content (AvgIpc) is 3.07. The lowest BCUT2D eigenvalue weighted by molar-refractivity contribution is -0.142. The summed E-state index contributed by atoms with van der Waals surface area (Å²) in [5.74, 6) is 0.822. The highest BCUT2D eigenvalue weighted by atomic mass is 32.2. The zero-order chi connectivity index (χ0) is 13.1. The topological polar surface area (TPSA) is 57.6 Å². The molecular formula is C13H21NO3S. The van der Waals surface area contributed by atoms with Crippen molar-refractivity contribution < 1.29 is 14.7 Å². The van der Waals surface area contributed by atoms with E-state index in [4.69, 9.17) is 0 Å². The second kappa shape index (κ2) is 5.95. The minimum Gasteiger partial charge on any atom is -0.481 e. The van der Waals surface area contributed by atoms with Crippen LogP contribution in [-0.2, 0) is 9.59 Å². The Bertz CT molecular complexity index is 330. The van der Waals surface area contributed by atoms with Gasteiger partial charge in [0, 0.05) is 19.5 Å². The number of rotatable bonds is 6. The van der Waals surface area contributed by atoms with Gasteiger partial charge in [0.25, 0.3) is 0 Å². The molecule has 0 unspecified atom stereocenters. The lowest BCUT2D eigenvalue weighted by atomic mass is 9.92. The van der Waals surface area contributed by atoms with Crippen LogP contribution in [0.25, 0.3) is 0 Å². The Morgan fingerprint density at radius 2 is 2.06 bits per heavy atom. The fourth-order valence-electron chi connectivity index (χ4n) is 2.82. The first-order valence-electron chi connectivity index (χ1n) is 6.63. The van der Waals surface area contributed by atoms with Gasteiger partial charge in [-0.25, -0.2) is 0 Å².